The molecule has 0 spiro atoms. The molecule has 2 aliphatic rings. The molecule has 3 rings (SSSR count). The van der Waals surface area contributed by atoms with Gasteiger partial charge in [0.25, 0.3) is 11.8 Å². The van der Waals surface area contributed by atoms with E-state index in [-0.39, 0.29) is 23.8 Å². The lowest BCUT2D eigenvalue weighted by Crippen LogP contribution is -2.47. The first-order chi connectivity index (χ1) is 11.6. The lowest BCUT2D eigenvalue weighted by atomic mass is 9.79. The topological polar surface area (TPSA) is 88.7 Å². The van der Waals surface area contributed by atoms with Gasteiger partial charge < -0.3 is 25.4 Å². The molecule has 0 unspecified atom stereocenters. The Hall–Kier alpha value is -2.12. The quantitative estimate of drug-likeness (QED) is 0.740. The fourth-order valence-corrected chi connectivity index (χ4v) is 3.22. The van der Waals surface area contributed by atoms with E-state index in [0.29, 0.717) is 30.2 Å². The first-order valence-electron chi connectivity index (χ1n) is 8.16. The van der Waals surface area contributed by atoms with Crippen LogP contribution in [0.4, 0.5) is 5.69 Å². The summed E-state index contributed by atoms with van der Waals surface area (Å²) in [6.45, 7) is 3.06. The van der Waals surface area contributed by atoms with Crippen LogP contribution < -0.4 is 20.7 Å². The van der Waals surface area contributed by atoms with Crippen molar-refractivity contribution in [1.29, 1.82) is 0 Å². The van der Waals surface area contributed by atoms with E-state index in [4.69, 9.17) is 9.47 Å². The summed E-state index contributed by atoms with van der Waals surface area (Å²) in [7, 11) is 1.70. The van der Waals surface area contributed by atoms with Crippen LogP contribution in [0.5, 0.6) is 5.75 Å². The molecule has 0 saturated carbocycles. The van der Waals surface area contributed by atoms with Crippen LogP contribution in [0.1, 0.15) is 23.2 Å². The number of carbonyl (C=O) groups is 2. The maximum atomic E-state index is 12.5. The van der Waals surface area contributed by atoms with Crippen molar-refractivity contribution in [2.45, 2.75) is 12.8 Å². The standard InChI is InChI=1S/C17H23N3O4/c1-23-11-17(4-6-18-7-5-17)10-19-16(22)12-2-3-13-14(8-12)24-9-15(21)20-13/h2-3,8,18H,4-7,9-11H2,1H3,(H,19,22)(H,20,21). The largest absolute Gasteiger partial charge is 0.482 e. The number of methoxy groups -OCH3 is 1. The number of carbonyl (C=O) groups excluding carboxylic acids is 2. The minimum absolute atomic E-state index is 0.0195. The molecule has 2 amide bonds. The van der Waals surface area contributed by atoms with Crippen molar-refractivity contribution in [2.75, 3.05) is 45.3 Å². The number of benzene rings is 1. The SMILES string of the molecule is COCC1(CNC(=O)c2ccc3c(c2)OCC(=O)N3)CCNCC1. The summed E-state index contributed by atoms with van der Waals surface area (Å²) in [4.78, 5) is 23.8. The highest BCUT2D eigenvalue weighted by molar-refractivity contribution is 5.99. The van der Waals surface area contributed by atoms with Gasteiger partial charge in [0.05, 0.1) is 12.3 Å². The highest BCUT2D eigenvalue weighted by Gasteiger charge is 2.32. The van der Waals surface area contributed by atoms with E-state index in [2.05, 4.69) is 16.0 Å². The predicted octanol–water partition coefficient (Wildman–Crippen LogP) is 0.763. The summed E-state index contributed by atoms with van der Waals surface area (Å²) in [5, 5.41) is 9.07. The van der Waals surface area contributed by atoms with Crippen LogP contribution in [0.3, 0.4) is 0 Å². The van der Waals surface area contributed by atoms with Gasteiger partial charge in [0.1, 0.15) is 5.75 Å². The predicted molar refractivity (Wildman–Crippen MR) is 89.3 cm³/mol. The first-order valence-corrected chi connectivity index (χ1v) is 8.16. The Morgan fingerprint density at radius 3 is 2.92 bits per heavy atom. The number of amides is 2. The smallest absolute Gasteiger partial charge is 0.262 e. The molecule has 0 aliphatic carbocycles. The maximum Gasteiger partial charge on any atom is 0.262 e. The average Bonchev–Trinajstić information content (AvgIpc) is 2.60. The monoisotopic (exact) mass is 333 g/mol. The fraction of sp³-hybridized carbons (Fsp3) is 0.529. The highest BCUT2D eigenvalue weighted by atomic mass is 16.5. The third kappa shape index (κ3) is 3.68. The van der Waals surface area contributed by atoms with Gasteiger partial charge in [-0.3, -0.25) is 9.59 Å². The van der Waals surface area contributed by atoms with E-state index in [9.17, 15) is 9.59 Å². The number of hydrogen-bond acceptors (Lipinski definition) is 5. The number of ether oxygens (including phenoxy) is 2. The Morgan fingerprint density at radius 2 is 2.17 bits per heavy atom. The van der Waals surface area contributed by atoms with Gasteiger partial charge in [-0.25, -0.2) is 0 Å². The normalized spacial score (nSPS) is 19.0. The maximum absolute atomic E-state index is 12.5. The van der Waals surface area contributed by atoms with Gasteiger partial charge in [0.15, 0.2) is 6.61 Å². The number of rotatable bonds is 5. The van der Waals surface area contributed by atoms with E-state index in [1.807, 2.05) is 0 Å². The van der Waals surface area contributed by atoms with Crippen molar-refractivity contribution in [3.8, 4) is 5.75 Å². The minimum Gasteiger partial charge on any atom is -0.482 e. The molecule has 130 valence electrons. The van der Waals surface area contributed by atoms with Gasteiger partial charge in [-0.1, -0.05) is 0 Å². The average molecular weight is 333 g/mol. The van der Waals surface area contributed by atoms with Crippen LogP contribution in [0.25, 0.3) is 0 Å². The zero-order chi connectivity index (χ0) is 17.0. The molecule has 0 bridgehead atoms. The lowest BCUT2D eigenvalue weighted by molar-refractivity contribution is -0.118. The van der Waals surface area contributed by atoms with Gasteiger partial charge in [0.2, 0.25) is 0 Å². The van der Waals surface area contributed by atoms with Crippen molar-refractivity contribution in [1.82, 2.24) is 10.6 Å². The molecule has 3 N–H and O–H groups in total. The fourth-order valence-electron chi connectivity index (χ4n) is 3.22. The summed E-state index contributed by atoms with van der Waals surface area (Å²) in [5.74, 6) is 0.190. The van der Waals surface area contributed by atoms with Gasteiger partial charge in [-0.2, -0.15) is 0 Å². The zero-order valence-corrected chi connectivity index (χ0v) is 13.8. The highest BCUT2D eigenvalue weighted by Crippen LogP contribution is 2.30. The third-order valence-electron chi connectivity index (χ3n) is 4.62. The van der Waals surface area contributed by atoms with Gasteiger partial charge >= 0.3 is 0 Å². The molecular formula is C17H23N3O4. The summed E-state index contributed by atoms with van der Waals surface area (Å²) < 4.78 is 10.7. The third-order valence-corrected chi connectivity index (χ3v) is 4.62. The van der Waals surface area contributed by atoms with E-state index < -0.39 is 0 Å². The van der Waals surface area contributed by atoms with E-state index >= 15 is 0 Å². The molecule has 1 aromatic rings. The molecule has 0 atom stereocenters. The summed E-state index contributed by atoms with van der Waals surface area (Å²) in [6.07, 6.45) is 1.95. The first kappa shape index (κ1) is 16.7. The number of piperidine rings is 1. The molecule has 1 saturated heterocycles. The van der Waals surface area contributed by atoms with Crippen molar-refractivity contribution in [2.24, 2.45) is 5.41 Å². The van der Waals surface area contributed by atoms with Gasteiger partial charge in [0, 0.05) is 24.6 Å². The van der Waals surface area contributed by atoms with Crippen LogP contribution in [-0.2, 0) is 9.53 Å². The molecule has 0 aromatic heterocycles. The summed E-state index contributed by atoms with van der Waals surface area (Å²) in [5.41, 5.74) is 1.09. The second kappa shape index (κ2) is 7.19. The molecular weight excluding hydrogens is 310 g/mol. The Morgan fingerprint density at radius 1 is 1.38 bits per heavy atom. The van der Waals surface area contributed by atoms with Gasteiger partial charge in [-0.15, -0.1) is 0 Å². The van der Waals surface area contributed by atoms with Crippen LogP contribution in [0, 0.1) is 5.41 Å². The Labute approximate surface area is 141 Å². The van der Waals surface area contributed by atoms with Gasteiger partial charge in [-0.05, 0) is 44.1 Å². The Balaban J connectivity index is 1.65. The molecule has 24 heavy (non-hydrogen) atoms. The van der Waals surface area contributed by atoms with Crippen LogP contribution in [0.2, 0.25) is 0 Å². The Kier molecular flexibility index (Phi) is 5.01. The van der Waals surface area contributed by atoms with Crippen molar-refractivity contribution < 1.29 is 19.1 Å². The van der Waals surface area contributed by atoms with Crippen molar-refractivity contribution in [3.63, 3.8) is 0 Å². The second-order valence-corrected chi connectivity index (χ2v) is 6.41. The molecule has 2 aliphatic heterocycles. The van der Waals surface area contributed by atoms with E-state index in [1.165, 1.54) is 0 Å². The second-order valence-electron chi connectivity index (χ2n) is 6.41. The van der Waals surface area contributed by atoms with E-state index in [0.717, 1.165) is 25.9 Å². The Bertz CT molecular complexity index is 621. The molecule has 7 heteroatoms. The van der Waals surface area contributed by atoms with Crippen LogP contribution in [-0.4, -0.2) is 51.8 Å². The van der Waals surface area contributed by atoms with Crippen LogP contribution in [0.15, 0.2) is 18.2 Å². The van der Waals surface area contributed by atoms with Crippen molar-refractivity contribution in [3.05, 3.63) is 23.8 Å². The summed E-state index contributed by atoms with van der Waals surface area (Å²) in [6, 6.07) is 5.04. The van der Waals surface area contributed by atoms with Crippen molar-refractivity contribution >= 4 is 17.5 Å². The number of nitrogens with one attached hydrogen (secondary N) is 3. The molecule has 2 heterocycles. The molecule has 7 nitrogen and oxygen atoms in total. The number of fused-ring (bicyclic) bond motifs is 1. The number of hydrogen-bond donors (Lipinski definition) is 3. The molecule has 0 radical (unpaired) electrons. The minimum atomic E-state index is -0.188. The van der Waals surface area contributed by atoms with Crippen LogP contribution >= 0.6 is 0 Å². The summed E-state index contributed by atoms with van der Waals surface area (Å²) >= 11 is 0. The lowest BCUT2D eigenvalue weighted by Gasteiger charge is -2.37. The molecule has 1 aromatic carbocycles. The zero-order valence-electron chi connectivity index (χ0n) is 13.8. The van der Waals surface area contributed by atoms with E-state index in [1.54, 1.807) is 25.3 Å². The number of anilines is 1. The molecule has 1 fully saturated rings.